The molecule has 1 fully saturated rings. The molecule has 1 aliphatic rings. The fourth-order valence-electron chi connectivity index (χ4n) is 3.66. The summed E-state index contributed by atoms with van der Waals surface area (Å²) < 4.78 is 1.75. The van der Waals surface area contributed by atoms with Crippen LogP contribution in [0, 0.1) is 11.8 Å². The molecule has 1 saturated heterocycles. The second-order valence-electron chi connectivity index (χ2n) is 7.45. The van der Waals surface area contributed by atoms with Crippen molar-refractivity contribution in [3.05, 3.63) is 83.7 Å². The van der Waals surface area contributed by atoms with Gasteiger partial charge in [-0.3, -0.25) is 9.59 Å². The largest absolute Gasteiger partial charge is 0.341 e. The monoisotopic (exact) mass is 412 g/mol. The minimum atomic E-state index is -0.0415. The lowest BCUT2D eigenvalue weighted by atomic mass is 10.1. The summed E-state index contributed by atoms with van der Waals surface area (Å²) in [5, 5.41) is 4.32. The quantitative estimate of drug-likeness (QED) is 0.608. The zero-order valence-corrected chi connectivity index (χ0v) is 17.5. The first-order valence-electron chi connectivity index (χ1n) is 10.4. The van der Waals surface area contributed by atoms with Gasteiger partial charge in [-0.15, -0.1) is 0 Å². The van der Waals surface area contributed by atoms with Crippen LogP contribution >= 0.6 is 0 Å². The van der Waals surface area contributed by atoms with Gasteiger partial charge in [0.1, 0.15) is 0 Å². The summed E-state index contributed by atoms with van der Waals surface area (Å²) in [5.74, 6) is 6.40. The minimum absolute atomic E-state index is 0.0415. The average molecular weight is 412 g/mol. The standard InChI is InChI=1S/C25H24N4O2/c1-20(30)27-14-6-15-28(18-17-27)25(31)23-11-12-24(29-16-5-13-26-29)22(19-23)10-9-21-7-3-2-4-8-21/h2-5,7-8,11-13,16,19H,6,14-15,17-18H2,1H3. The predicted molar refractivity (Wildman–Crippen MR) is 119 cm³/mol. The van der Waals surface area contributed by atoms with E-state index in [1.807, 2.05) is 65.7 Å². The maximum Gasteiger partial charge on any atom is 0.253 e. The van der Waals surface area contributed by atoms with Crippen LogP contribution in [0.4, 0.5) is 0 Å². The van der Waals surface area contributed by atoms with E-state index >= 15 is 0 Å². The van der Waals surface area contributed by atoms with Crippen LogP contribution < -0.4 is 0 Å². The first-order chi connectivity index (χ1) is 15.1. The topological polar surface area (TPSA) is 58.4 Å². The van der Waals surface area contributed by atoms with Crippen molar-refractivity contribution in [1.29, 1.82) is 0 Å². The van der Waals surface area contributed by atoms with Crippen molar-refractivity contribution in [2.24, 2.45) is 0 Å². The van der Waals surface area contributed by atoms with Crippen molar-refractivity contribution in [3.8, 4) is 17.5 Å². The number of hydrogen-bond donors (Lipinski definition) is 0. The van der Waals surface area contributed by atoms with Crippen molar-refractivity contribution < 1.29 is 9.59 Å². The molecular weight excluding hydrogens is 388 g/mol. The van der Waals surface area contributed by atoms with Gasteiger partial charge in [0.2, 0.25) is 5.91 Å². The summed E-state index contributed by atoms with van der Waals surface area (Å²) in [4.78, 5) is 28.5. The maximum atomic E-state index is 13.2. The number of rotatable bonds is 2. The number of hydrogen-bond acceptors (Lipinski definition) is 3. The number of aromatic nitrogens is 2. The minimum Gasteiger partial charge on any atom is -0.341 e. The zero-order chi connectivity index (χ0) is 21.6. The summed E-state index contributed by atoms with van der Waals surface area (Å²) in [5.41, 5.74) is 3.05. The lowest BCUT2D eigenvalue weighted by Gasteiger charge is -2.21. The van der Waals surface area contributed by atoms with Gasteiger partial charge in [0, 0.05) is 56.6 Å². The van der Waals surface area contributed by atoms with Crippen LogP contribution in [0.15, 0.2) is 67.0 Å². The van der Waals surface area contributed by atoms with Crippen LogP contribution in [0.2, 0.25) is 0 Å². The Morgan fingerprint density at radius 3 is 2.42 bits per heavy atom. The molecule has 6 heteroatoms. The van der Waals surface area contributed by atoms with Crippen LogP contribution in [0.25, 0.3) is 5.69 Å². The smallest absolute Gasteiger partial charge is 0.253 e. The van der Waals surface area contributed by atoms with Gasteiger partial charge in [-0.1, -0.05) is 30.0 Å². The molecule has 3 aromatic rings. The van der Waals surface area contributed by atoms with Crippen molar-refractivity contribution in [2.75, 3.05) is 26.2 Å². The third-order valence-electron chi connectivity index (χ3n) is 5.34. The van der Waals surface area contributed by atoms with Crippen LogP contribution in [0.1, 0.15) is 34.8 Å². The zero-order valence-electron chi connectivity index (χ0n) is 17.5. The van der Waals surface area contributed by atoms with E-state index in [0.717, 1.165) is 23.2 Å². The highest BCUT2D eigenvalue weighted by Gasteiger charge is 2.22. The van der Waals surface area contributed by atoms with Crippen LogP contribution in [0.3, 0.4) is 0 Å². The van der Waals surface area contributed by atoms with Gasteiger partial charge in [-0.2, -0.15) is 5.10 Å². The molecule has 2 amide bonds. The van der Waals surface area contributed by atoms with E-state index in [4.69, 9.17) is 0 Å². The normalized spacial score (nSPS) is 13.8. The molecule has 0 radical (unpaired) electrons. The first kappa shape index (κ1) is 20.4. The third kappa shape index (κ3) is 4.84. The molecule has 0 unspecified atom stereocenters. The van der Waals surface area contributed by atoms with E-state index in [-0.39, 0.29) is 11.8 Å². The Bertz CT molecular complexity index is 1130. The van der Waals surface area contributed by atoms with Crippen LogP contribution in [0.5, 0.6) is 0 Å². The lowest BCUT2D eigenvalue weighted by molar-refractivity contribution is -0.128. The van der Waals surface area contributed by atoms with E-state index in [0.29, 0.717) is 31.7 Å². The van der Waals surface area contributed by atoms with Gasteiger partial charge in [0.25, 0.3) is 5.91 Å². The SMILES string of the molecule is CC(=O)N1CCCN(C(=O)c2ccc(-n3cccn3)c(C#Cc3ccccc3)c2)CC1. The molecule has 2 heterocycles. The molecule has 4 rings (SSSR count). The van der Waals surface area contributed by atoms with E-state index in [1.54, 1.807) is 22.7 Å². The lowest BCUT2D eigenvalue weighted by Crippen LogP contribution is -2.36. The summed E-state index contributed by atoms with van der Waals surface area (Å²) in [6.45, 7) is 3.99. The predicted octanol–water partition coefficient (Wildman–Crippen LogP) is 2.97. The summed E-state index contributed by atoms with van der Waals surface area (Å²) in [7, 11) is 0. The molecule has 2 aromatic carbocycles. The van der Waals surface area contributed by atoms with Gasteiger partial charge in [-0.25, -0.2) is 4.68 Å². The molecular formula is C25H24N4O2. The molecule has 31 heavy (non-hydrogen) atoms. The number of carbonyl (C=O) groups is 2. The second-order valence-corrected chi connectivity index (χ2v) is 7.45. The number of carbonyl (C=O) groups excluding carboxylic acids is 2. The first-order valence-corrected chi connectivity index (χ1v) is 10.4. The highest BCUT2D eigenvalue weighted by molar-refractivity contribution is 5.95. The van der Waals surface area contributed by atoms with E-state index in [1.165, 1.54) is 0 Å². The molecule has 0 N–H and O–H groups in total. The van der Waals surface area contributed by atoms with Crippen LogP contribution in [-0.2, 0) is 4.79 Å². The number of amides is 2. The van der Waals surface area contributed by atoms with Crippen molar-refractivity contribution in [3.63, 3.8) is 0 Å². The summed E-state index contributed by atoms with van der Waals surface area (Å²) in [6, 6.07) is 17.1. The van der Waals surface area contributed by atoms with Crippen molar-refractivity contribution >= 4 is 11.8 Å². The molecule has 156 valence electrons. The molecule has 0 bridgehead atoms. The second kappa shape index (κ2) is 9.31. The average Bonchev–Trinajstić information content (AvgIpc) is 3.21. The molecule has 0 aliphatic carbocycles. The van der Waals surface area contributed by atoms with Gasteiger partial charge in [-0.05, 0) is 42.8 Å². The fourth-order valence-corrected chi connectivity index (χ4v) is 3.66. The van der Waals surface area contributed by atoms with Crippen LogP contribution in [-0.4, -0.2) is 57.6 Å². The molecule has 0 atom stereocenters. The number of nitrogens with zero attached hydrogens (tertiary/aromatic N) is 4. The van der Waals surface area contributed by atoms with E-state index in [9.17, 15) is 9.59 Å². The van der Waals surface area contributed by atoms with E-state index < -0.39 is 0 Å². The van der Waals surface area contributed by atoms with Crippen molar-refractivity contribution in [1.82, 2.24) is 19.6 Å². The highest BCUT2D eigenvalue weighted by atomic mass is 16.2. The Morgan fingerprint density at radius 2 is 1.68 bits per heavy atom. The Kier molecular flexibility index (Phi) is 6.13. The van der Waals surface area contributed by atoms with Gasteiger partial charge < -0.3 is 9.80 Å². The van der Waals surface area contributed by atoms with Crippen molar-refractivity contribution in [2.45, 2.75) is 13.3 Å². The maximum absolute atomic E-state index is 13.2. The molecule has 0 spiro atoms. The molecule has 1 aromatic heterocycles. The van der Waals surface area contributed by atoms with Gasteiger partial charge in [0.05, 0.1) is 11.3 Å². The Hall–Kier alpha value is -3.85. The third-order valence-corrected chi connectivity index (χ3v) is 5.34. The summed E-state index contributed by atoms with van der Waals surface area (Å²) >= 11 is 0. The highest BCUT2D eigenvalue weighted by Crippen LogP contribution is 2.18. The Balaban J connectivity index is 1.64. The Labute approximate surface area is 182 Å². The van der Waals surface area contributed by atoms with E-state index in [2.05, 4.69) is 16.9 Å². The molecule has 1 aliphatic heterocycles. The Morgan fingerprint density at radius 1 is 0.903 bits per heavy atom. The van der Waals surface area contributed by atoms with Gasteiger partial charge in [0.15, 0.2) is 0 Å². The fraction of sp³-hybridized carbons (Fsp3) is 0.240. The number of benzene rings is 2. The molecule has 0 saturated carbocycles. The van der Waals surface area contributed by atoms with Gasteiger partial charge >= 0.3 is 0 Å². The summed E-state index contributed by atoms with van der Waals surface area (Å²) in [6.07, 6.45) is 4.35. The molecule has 6 nitrogen and oxygen atoms in total.